The molecule has 0 spiro atoms. The summed E-state index contributed by atoms with van der Waals surface area (Å²) in [5.41, 5.74) is 6.59. The lowest BCUT2D eigenvalue weighted by Gasteiger charge is -2.31. The zero-order valence-corrected chi connectivity index (χ0v) is 18.7. The minimum absolute atomic E-state index is 1.02. The number of anilines is 2. The van der Waals surface area contributed by atoms with Gasteiger partial charge in [0, 0.05) is 44.3 Å². The fraction of sp³-hybridized carbons (Fsp3) is 0.462. The first kappa shape index (κ1) is 21.4. The van der Waals surface area contributed by atoms with Crippen LogP contribution in [0.3, 0.4) is 0 Å². The molecule has 2 aromatic rings. The first-order chi connectivity index (χ1) is 14.1. The second-order valence-electron chi connectivity index (χ2n) is 8.09. The molecule has 3 rings (SSSR count). The van der Waals surface area contributed by atoms with E-state index in [1.54, 1.807) is 0 Å². The summed E-state index contributed by atoms with van der Waals surface area (Å²) in [6.45, 7) is 8.94. The van der Waals surface area contributed by atoms with Gasteiger partial charge in [-0.2, -0.15) is 0 Å². The molecule has 1 saturated heterocycles. The molecule has 1 aliphatic heterocycles. The third-order valence-electron chi connectivity index (χ3n) is 6.01. The van der Waals surface area contributed by atoms with Crippen molar-refractivity contribution < 1.29 is 0 Å². The SMILES string of the molecule is CC/C=C(\c1ccccc1)N(C)c1ccc(N(C)CC)c(CN2CCCCC2)c1. The Morgan fingerprint density at radius 2 is 1.69 bits per heavy atom. The first-order valence-electron chi connectivity index (χ1n) is 11.2. The van der Waals surface area contributed by atoms with E-state index in [-0.39, 0.29) is 0 Å². The molecule has 1 heterocycles. The highest BCUT2D eigenvalue weighted by Crippen LogP contribution is 2.31. The molecular formula is C26H37N3. The third kappa shape index (κ3) is 5.42. The average molecular weight is 392 g/mol. The van der Waals surface area contributed by atoms with E-state index in [2.05, 4.69) is 97.2 Å². The van der Waals surface area contributed by atoms with Gasteiger partial charge >= 0.3 is 0 Å². The molecule has 1 fully saturated rings. The van der Waals surface area contributed by atoms with Crippen LogP contribution in [0.25, 0.3) is 5.70 Å². The summed E-state index contributed by atoms with van der Waals surface area (Å²) in [6.07, 6.45) is 7.38. The van der Waals surface area contributed by atoms with Gasteiger partial charge < -0.3 is 9.80 Å². The lowest BCUT2D eigenvalue weighted by molar-refractivity contribution is 0.221. The van der Waals surface area contributed by atoms with E-state index in [4.69, 9.17) is 0 Å². The number of hydrogen-bond donors (Lipinski definition) is 0. The molecule has 0 saturated carbocycles. The Hall–Kier alpha value is -2.26. The van der Waals surface area contributed by atoms with Crippen LogP contribution in [0.1, 0.15) is 50.7 Å². The highest BCUT2D eigenvalue weighted by atomic mass is 15.1. The minimum atomic E-state index is 1.02. The first-order valence-corrected chi connectivity index (χ1v) is 11.2. The molecule has 0 N–H and O–H groups in total. The van der Waals surface area contributed by atoms with Crippen LogP contribution in [0.5, 0.6) is 0 Å². The largest absolute Gasteiger partial charge is 0.375 e. The molecule has 0 unspecified atom stereocenters. The zero-order valence-electron chi connectivity index (χ0n) is 18.7. The number of likely N-dealkylation sites (tertiary alicyclic amines) is 1. The van der Waals surface area contributed by atoms with E-state index >= 15 is 0 Å². The highest BCUT2D eigenvalue weighted by Gasteiger charge is 2.17. The highest BCUT2D eigenvalue weighted by molar-refractivity contribution is 5.80. The van der Waals surface area contributed by atoms with Crippen LogP contribution in [-0.4, -0.2) is 38.6 Å². The van der Waals surface area contributed by atoms with Gasteiger partial charge in [-0.25, -0.2) is 0 Å². The number of nitrogens with zero attached hydrogens (tertiary/aromatic N) is 3. The normalized spacial score (nSPS) is 15.4. The Morgan fingerprint density at radius 1 is 0.966 bits per heavy atom. The molecule has 156 valence electrons. The fourth-order valence-corrected chi connectivity index (χ4v) is 4.20. The van der Waals surface area contributed by atoms with E-state index in [1.807, 2.05) is 0 Å². The summed E-state index contributed by atoms with van der Waals surface area (Å²) < 4.78 is 0. The molecule has 1 aliphatic rings. The van der Waals surface area contributed by atoms with E-state index < -0.39 is 0 Å². The van der Waals surface area contributed by atoms with Crippen LogP contribution in [0.4, 0.5) is 11.4 Å². The van der Waals surface area contributed by atoms with Gasteiger partial charge in [0.25, 0.3) is 0 Å². The van der Waals surface area contributed by atoms with Crippen molar-refractivity contribution in [1.29, 1.82) is 0 Å². The maximum Gasteiger partial charge on any atom is 0.0441 e. The molecule has 3 heteroatoms. The standard InChI is InChI=1S/C26H37N3/c1-5-13-26(22-14-9-7-10-15-22)28(4)24-16-17-25(27(3)6-2)23(20-24)21-29-18-11-8-12-19-29/h7,9-10,13-17,20H,5-6,8,11-12,18-19,21H2,1-4H3/b26-13+. The van der Waals surface area contributed by atoms with Crippen molar-refractivity contribution in [2.45, 2.75) is 46.1 Å². The monoisotopic (exact) mass is 391 g/mol. The quantitative estimate of drug-likeness (QED) is 0.545. The summed E-state index contributed by atoms with van der Waals surface area (Å²) in [5, 5.41) is 0. The zero-order chi connectivity index (χ0) is 20.6. The Balaban J connectivity index is 1.93. The minimum Gasteiger partial charge on any atom is -0.375 e. The summed E-state index contributed by atoms with van der Waals surface area (Å²) in [7, 11) is 4.39. The van der Waals surface area contributed by atoms with E-state index in [0.29, 0.717) is 0 Å². The predicted octanol–water partition coefficient (Wildman–Crippen LogP) is 6.02. The van der Waals surface area contributed by atoms with Crippen molar-refractivity contribution in [3.05, 3.63) is 65.7 Å². The molecule has 3 nitrogen and oxygen atoms in total. The second-order valence-corrected chi connectivity index (χ2v) is 8.09. The molecule has 0 bridgehead atoms. The van der Waals surface area contributed by atoms with Gasteiger partial charge in [0.2, 0.25) is 0 Å². The molecule has 0 atom stereocenters. The van der Waals surface area contributed by atoms with Crippen LogP contribution in [-0.2, 0) is 6.54 Å². The molecule has 0 aromatic heterocycles. The van der Waals surface area contributed by atoms with Crippen molar-refractivity contribution in [2.24, 2.45) is 0 Å². The van der Waals surface area contributed by atoms with Gasteiger partial charge in [0.15, 0.2) is 0 Å². The fourth-order valence-electron chi connectivity index (χ4n) is 4.20. The third-order valence-corrected chi connectivity index (χ3v) is 6.01. The maximum absolute atomic E-state index is 2.62. The number of piperidine rings is 1. The second kappa shape index (κ2) is 10.5. The predicted molar refractivity (Wildman–Crippen MR) is 128 cm³/mol. The summed E-state index contributed by atoms with van der Waals surface area (Å²) in [6, 6.07) is 17.7. The van der Waals surface area contributed by atoms with E-state index in [0.717, 1.165) is 19.5 Å². The lowest BCUT2D eigenvalue weighted by Crippen LogP contribution is -2.30. The van der Waals surface area contributed by atoms with Crippen molar-refractivity contribution in [1.82, 2.24) is 4.90 Å². The van der Waals surface area contributed by atoms with Crippen molar-refractivity contribution in [3.63, 3.8) is 0 Å². The van der Waals surface area contributed by atoms with Crippen molar-refractivity contribution in [3.8, 4) is 0 Å². The van der Waals surface area contributed by atoms with Gasteiger partial charge in [0.05, 0.1) is 0 Å². The van der Waals surface area contributed by atoms with Crippen LogP contribution >= 0.6 is 0 Å². The molecule has 0 radical (unpaired) electrons. The molecule has 29 heavy (non-hydrogen) atoms. The van der Waals surface area contributed by atoms with Crippen molar-refractivity contribution in [2.75, 3.05) is 43.5 Å². The average Bonchev–Trinajstić information content (AvgIpc) is 2.77. The van der Waals surface area contributed by atoms with Gasteiger partial charge in [0.1, 0.15) is 0 Å². The van der Waals surface area contributed by atoms with Gasteiger partial charge in [-0.05, 0) is 68.6 Å². The Morgan fingerprint density at radius 3 is 2.34 bits per heavy atom. The Bertz CT molecular complexity index is 791. The van der Waals surface area contributed by atoms with Gasteiger partial charge in [-0.3, -0.25) is 4.90 Å². The summed E-state index contributed by atoms with van der Waals surface area (Å²) in [4.78, 5) is 7.33. The summed E-state index contributed by atoms with van der Waals surface area (Å²) in [5.74, 6) is 0. The Kier molecular flexibility index (Phi) is 7.76. The maximum atomic E-state index is 2.62. The molecule has 0 amide bonds. The van der Waals surface area contributed by atoms with Gasteiger partial charge in [-0.15, -0.1) is 0 Å². The number of rotatable bonds is 8. The van der Waals surface area contributed by atoms with Crippen LogP contribution in [0.15, 0.2) is 54.6 Å². The Labute approximate surface area is 177 Å². The van der Waals surface area contributed by atoms with Gasteiger partial charge in [-0.1, -0.05) is 49.8 Å². The summed E-state index contributed by atoms with van der Waals surface area (Å²) >= 11 is 0. The number of benzene rings is 2. The van der Waals surface area contributed by atoms with E-state index in [1.165, 1.54) is 60.6 Å². The van der Waals surface area contributed by atoms with Crippen LogP contribution in [0, 0.1) is 0 Å². The molecule has 2 aromatic carbocycles. The topological polar surface area (TPSA) is 9.72 Å². The van der Waals surface area contributed by atoms with Crippen LogP contribution < -0.4 is 9.80 Å². The molecular weight excluding hydrogens is 354 g/mol. The lowest BCUT2D eigenvalue weighted by atomic mass is 10.1. The van der Waals surface area contributed by atoms with Crippen LogP contribution in [0.2, 0.25) is 0 Å². The molecule has 0 aliphatic carbocycles. The number of hydrogen-bond acceptors (Lipinski definition) is 3. The van der Waals surface area contributed by atoms with Crippen molar-refractivity contribution >= 4 is 17.1 Å². The van der Waals surface area contributed by atoms with E-state index in [9.17, 15) is 0 Å². The number of allylic oxidation sites excluding steroid dienone is 1. The smallest absolute Gasteiger partial charge is 0.0441 e.